The second-order valence-electron chi connectivity index (χ2n) is 2.80. The maximum absolute atomic E-state index is 10.2. The van der Waals surface area contributed by atoms with Crippen molar-refractivity contribution in [2.75, 3.05) is 0 Å². The normalized spacial score (nSPS) is 10.0. The van der Waals surface area contributed by atoms with E-state index in [0.717, 1.165) is 15.8 Å². The third-order valence-electron chi connectivity index (χ3n) is 1.95. The zero-order valence-corrected chi connectivity index (χ0v) is 10.1. The molecule has 0 unspecified atom stereocenters. The summed E-state index contributed by atoms with van der Waals surface area (Å²) in [6, 6.07) is 1.65. The van der Waals surface area contributed by atoms with Crippen LogP contribution < -0.4 is 4.74 Å². The van der Waals surface area contributed by atoms with Crippen molar-refractivity contribution in [2.45, 2.75) is 6.92 Å². The topological polar surface area (TPSA) is 39.2 Å². The molecule has 6 heteroatoms. The van der Waals surface area contributed by atoms with Gasteiger partial charge in [-0.1, -0.05) is 0 Å². The molecule has 0 atom stereocenters. The summed E-state index contributed by atoms with van der Waals surface area (Å²) in [5, 5.41) is 0.603. The third-order valence-corrected chi connectivity index (χ3v) is 3.45. The summed E-state index contributed by atoms with van der Waals surface area (Å²) in [6.45, 7) is 1.92. The first-order chi connectivity index (χ1) is 7.24. The molecule has 3 nitrogen and oxygen atoms in total. The number of ether oxygens (including phenoxy) is 1. The first kappa shape index (κ1) is 10.7. The van der Waals surface area contributed by atoms with Gasteiger partial charge in [0, 0.05) is 0 Å². The van der Waals surface area contributed by atoms with Gasteiger partial charge < -0.3 is 0 Å². The molecule has 0 bridgehead atoms. The number of halogens is 1. The molecule has 0 aliphatic heterocycles. The standard InChI is InChI=1S/C9H5ClNO2PS/c1-5-6(10)2-7(13-4-14-12)8-9(5)15-3-11-8/h2-3H,1H3. The third kappa shape index (κ3) is 1.95. The van der Waals surface area contributed by atoms with Crippen molar-refractivity contribution >= 4 is 41.1 Å². The second kappa shape index (κ2) is 4.38. The molecule has 1 heterocycles. The quantitative estimate of drug-likeness (QED) is 0.729. The van der Waals surface area contributed by atoms with E-state index in [1.54, 1.807) is 11.6 Å². The van der Waals surface area contributed by atoms with Gasteiger partial charge in [0.2, 0.25) is 0 Å². The number of rotatable bonds is 1. The van der Waals surface area contributed by atoms with Crippen molar-refractivity contribution in [3.8, 4) is 11.6 Å². The number of aromatic nitrogens is 1. The van der Waals surface area contributed by atoms with Gasteiger partial charge in [0.15, 0.2) is 0 Å². The van der Waals surface area contributed by atoms with Crippen LogP contribution in [0, 0.1) is 12.7 Å². The van der Waals surface area contributed by atoms with E-state index in [0.29, 0.717) is 10.8 Å². The molecule has 0 saturated heterocycles. The number of hydrogen-bond donors (Lipinski definition) is 0. The molecule has 76 valence electrons. The summed E-state index contributed by atoms with van der Waals surface area (Å²) in [7, 11) is -0.302. The Morgan fingerprint density at radius 2 is 2.47 bits per heavy atom. The zero-order valence-electron chi connectivity index (χ0n) is 7.65. The molecule has 1 aromatic heterocycles. The van der Waals surface area contributed by atoms with Crippen molar-refractivity contribution in [3.05, 3.63) is 22.2 Å². The van der Waals surface area contributed by atoms with Gasteiger partial charge in [-0.3, -0.25) is 0 Å². The van der Waals surface area contributed by atoms with Crippen molar-refractivity contribution in [2.24, 2.45) is 0 Å². The molecule has 1 aromatic carbocycles. The van der Waals surface area contributed by atoms with Gasteiger partial charge in [-0.15, -0.1) is 0 Å². The van der Waals surface area contributed by atoms with Crippen molar-refractivity contribution in [1.82, 2.24) is 4.98 Å². The molecule has 0 N–H and O–H groups in total. The Kier molecular flexibility index (Phi) is 3.13. The Hall–Kier alpha value is -0.790. The van der Waals surface area contributed by atoms with Crippen molar-refractivity contribution in [1.29, 1.82) is 0 Å². The fraction of sp³-hybridized carbons (Fsp3) is 0.111. The van der Waals surface area contributed by atoms with Gasteiger partial charge in [-0.05, 0) is 0 Å². The van der Waals surface area contributed by atoms with Gasteiger partial charge in [0.1, 0.15) is 0 Å². The molecule has 2 rings (SSSR count). The number of thiazole rings is 1. The number of benzene rings is 1. The summed E-state index contributed by atoms with van der Waals surface area (Å²) >= 11 is 7.51. The average Bonchev–Trinajstić information content (AvgIpc) is 2.70. The van der Waals surface area contributed by atoms with E-state index < -0.39 is 0 Å². The number of aryl methyl sites for hydroxylation is 1. The maximum atomic E-state index is 10.2. The predicted octanol–water partition coefficient (Wildman–Crippen LogP) is 3.85. The second-order valence-corrected chi connectivity index (χ2v) is 4.42. The Morgan fingerprint density at radius 1 is 1.67 bits per heavy atom. The van der Waals surface area contributed by atoms with Crippen LogP contribution in [-0.4, -0.2) is 4.98 Å². The Bertz CT molecular complexity index is 619. The van der Waals surface area contributed by atoms with Gasteiger partial charge in [0.05, 0.1) is 0 Å². The van der Waals surface area contributed by atoms with E-state index >= 15 is 0 Å². The molecular weight excluding hydrogens is 253 g/mol. The van der Waals surface area contributed by atoms with Crippen LogP contribution in [0.25, 0.3) is 10.2 Å². The van der Waals surface area contributed by atoms with Crippen LogP contribution in [0.4, 0.5) is 0 Å². The summed E-state index contributed by atoms with van der Waals surface area (Å²) in [5.41, 5.74) is 3.41. The van der Waals surface area contributed by atoms with Gasteiger partial charge in [-0.25, -0.2) is 0 Å². The van der Waals surface area contributed by atoms with Crippen LogP contribution in [0.1, 0.15) is 5.56 Å². The molecule has 0 aliphatic carbocycles. The molecule has 0 spiro atoms. The summed E-state index contributed by atoms with van der Waals surface area (Å²) in [6.07, 6.45) is 0. The van der Waals surface area contributed by atoms with Crippen molar-refractivity contribution in [3.63, 3.8) is 0 Å². The van der Waals surface area contributed by atoms with Crippen LogP contribution in [0.2, 0.25) is 5.02 Å². The van der Waals surface area contributed by atoms with Gasteiger partial charge in [-0.2, -0.15) is 0 Å². The molecule has 0 fully saturated rings. The molecular formula is C9H5ClNO2PS. The monoisotopic (exact) mass is 257 g/mol. The van der Waals surface area contributed by atoms with E-state index in [4.69, 9.17) is 16.3 Å². The van der Waals surface area contributed by atoms with E-state index in [1.165, 1.54) is 11.3 Å². The van der Waals surface area contributed by atoms with E-state index in [9.17, 15) is 4.57 Å². The number of nitrogens with zero attached hydrogens (tertiary/aromatic N) is 1. The Morgan fingerprint density at radius 3 is 3.20 bits per heavy atom. The van der Waals surface area contributed by atoms with Crippen LogP contribution in [0.15, 0.2) is 11.6 Å². The number of hydrogen-bond acceptors (Lipinski definition) is 4. The van der Waals surface area contributed by atoms with Crippen LogP contribution in [0.5, 0.6) is 5.75 Å². The summed E-state index contributed by atoms with van der Waals surface area (Å²) in [4.78, 5) is 4.16. The van der Waals surface area contributed by atoms with Crippen molar-refractivity contribution < 1.29 is 9.30 Å². The van der Waals surface area contributed by atoms with Crippen LogP contribution in [-0.2, 0) is 4.57 Å². The molecule has 0 radical (unpaired) electrons. The van der Waals surface area contributed by atoms with Gasteiger partial charge >= 0.3 is 96.0 Å². The Balaban J connectivity index is 2.72. The molecule has 0 aliphatic rings. The predicted molar refractivity (Wildman–Crippen MR) is 61.5 cm³/mol. The minimum atomic E-state index is -0.302. The average molecular weight is 258 g/mol. The fourth-order valence-electron chi connectivity index (χ4n) is 1.23. The first-order valence-corrected chi connectivity index (χ1v) is 6.07. The van der Waals surface area contributed by atoms with Crippen LogP contribution in [0.3, 0.4) is 0 Å². The van der Waals surface area contributed by atoms with E-state index in [1.807, 2.05) is 6.92 Å². The van der Waals surface area contributed by atoms with Crippen LogP contribution >= 0.6 is 30.9 Å². The molecule has 0 saturated carbocycles. The SMILES string of the molecule is Cc1c(Cl)cc(OC#P=O)c2ncsc12. The Labute approximate surface area is 96.2 Å². The van der Waals surface area contributed by atoms with E-state index in [-0.39, 0.29) is 7.92 Å². The molecule has 0 amide bonds. The zero-order chi connectivity index (χ0) is 10.8. The summed E-state index contributed by atoms with van der Waals surface area (Å²) < 4.78 is 16.2. The minimum absolute atomic E-state index is 0.302. The molecule has 2 aromatic rings. The van der Waals surface area contributed by atoms with E-state index in [2.05, 4.69) is 10.8 Å². The molecule has 15 heavy (non-hydrogen) atoms. The first-order valence-electron chi connectivity index (χ1n) is 4.00. The summed E-state index contributed by atoms with van der Waals surface area (Å²) in [5.74, 6) is 2.69. The fourth-order valence-corrected chi connectivity index (χ4v) is 2.43. The van der Waals surface area contributed by atoms with Gasteiger partial charge in [0.25, 0.3) is 0 Å². The number of fused-ring (bicyclic) bond motifs is 1.